The molecule has 3 N–H and O–H groups in total. The van der Waals surface area contributed by atoms with Crippen LogP contribution in [0.3, 0.4) is 0 Å². The zero-order chi connectivity index (χ0) is 12.3. The first kappa shape index (κ1) is 12.4. The van der Waals surface area contributed by atoms with Crippen molar-refractivity contribution in [3.8, 4) is 5.75 Å². The Morgan fingerprint density at radius 2 is 2.12 bits per heavy atom. The fourth-order valence-corrected chi connectivity index (χ4v) is 2.28. The molecule has 5 heteroatoms. The van der Waals surface area contributed by atoms with E-state index in [1.54, 1.807) is 12.1 Å². The Morgan fingerprint density at radius 3 is 2.82 bits per heavy atom. The third-order valence-electron chi connectivity index (χ3n) is 2.88. The molecule has 1 aromatic rings. The molecule has 4 nitrogen and oxygen atoms in total. The quantitative estimate of drug-likeness (QED) is 0.778. The van der Waals surface area contributed by atoms with Gasteiger partial charge in [0, 0.05) is 10.5 Å². The summed E-state index contributed by atoms with van der Waals surface area (Å²) in [4.78, 5) is 12.0. The summed E-state index contributed by atoms with van der Waals surface area (Å²) in [6, 6.07) is 5.05. The Hall–Kier alpha value is -1.07. The van der Waals surface area contributed by atoms with E-state index in [2.05, 4.69) is 26.6 Å². The van der Waals surface area contributed by atoms with Crippen molar-refractivity contribution in [3.05, 3.63) is 28.2 Å². The van der Waals surface area contributed by atoms with Gasteiger partial charge in [0.15, 0.2) is 0 Å². The fraction of sp³-hybridized carbons (Fsp3) is 0.417. The molecule has 0 aliphatic carbocycles. The van der Waals surface area contributed by atoms with Gasteiger partial charge in [-0.2, -0.15) is 0 Å². The number of amides is 1. The van der Waals surface area contributed by atoms with Crippen LogP contribution in [0.15, 0.2) is 22.7 Å². The summed E-state index contributed by atoms with van der Waals surface area (Å²) in [5.74, 6) is -0.199. The van der Waals surface area contributed by atoms with Crippen molar-refractivity contribution in [2.24, 2.45) is 0 Å². The lowest BCUT2D eigenvalue weighted by Gasteiger charge is -2.23. The lowest BCUT2D eigenvalue weighted by atomic mass is 10.1. The molecule has 92 valence electrons. The van der Waals surface area contributed by atoms with Crippen molar-refractivity contribution < 1.29 is 9.90 Å². The second-order valence-electron chi connectivity index (χ2n) is 4.16. The highest BCUT2D eigenvalue weighted by molar-refractivity contribution is 9.10. The molecule has 0 unspecified atom stereocenters. The molecule has 0 atom stereocenters. The Kier molecular flexibility index (Phi) is 4.02. The molecule has 1 aliphatic rings. The molecule has 17 heavy (non-hydrogen) atoms. The average molecular weight is 299 g/mol. The molecule has 1 fully saturated rings. The van der Waals surface area contributed by atoms with Gasteiger partial charge in [-0.3, -0.25) is 4.79 Å². The van der Waals surface area contributed by atoms with Crippen LogP contribution < -0.4 is 10.6 Å². The third-order valence-corrected chi connectivity index (χ3v) is 3.37. The number of phenolic OH excluding ortho intramolecular Hbond substituents is 1. The molecule has 0 bridgehead atoms. The maximum absolute atomic E-state index is 12.0. The molecule has 0 spiro atoms. The predicted molar refractivity (Wildman–Crippen MR) is 69.2 cm³/mol. The number of carbonyl (C=O) groups excluding carboxylic acids is 1. The Balaban J connectivity index is 2.05. The summed E-state index contributed by atoms with van der Waals surface area (Å²) in [6.45, 7) is 1.85. The number of halogens is 1. The van der Waals surface area contributed by atoms with Crippen molar-refractivity contribution in [2.45, 2.75) is 18.9 Å². The normalized spacial score (nSPS) is 16.8. The average Bonchev–Trinajstić information content (AvgIpc) is 2.33. The van der Waals surface area contributed by atoms with Crippen molar-refractivity contribution in [2.75, 3.05) is 13.1 Å². The number of benzene rings is 1. The number of piperidine rings is 1. The smallest absolute Gasteiger partial charge is 0.255 e. The molecule has 1 aliphatic heterocycles. The van der Waals surface area contributed by atoms with Crippen molar-refractivity contribution >= 4 is 21.8 Å². The lowest BCUT2D eigenvalue weighted by molar-refractivity contribution is 0.0927. The largest absolute Gasteiger partial charge is 0.507 e. The first-order chi connectivity index (χ1) is 8.16. The maximum atomic E-state index is 12.0. The van der Waals surface area contributed by atoms with Crippen LogP contribution >= 0.6 is 15.9 Å². The minimum absolute atomic E-state index is 0.0136. The van der Waals surface area contributed by atoms with Crippen LogP contribution in [0.2, 0.25) is 0 Å². The van der Waals surface area contributed by atoms with Crippen molar-refractivity contribution in [1.29, 1.82) is 0 Å². The lowest BCUT2D eigenvalue weighted by Crippen LogP contribution is -2.42. The van der Waals surface area contributed by atoms with Crippen LogP contribution in [0.4, 0.5) is 0 Å². The van der Waals surface area contributed by atoms with E-state index in [1.165, 1.54) is 6.07 Å². The van der Waals surface area contributed by atoms with E-state index in [9.17, 15) is 9.90 Å². The highest BCUT2D eigenvalue weighted by atomic mass is 79.9. The first-order valence-electron chi connectivity index (χ1n) is 5.67. The zero-order valence-corrected chi connectivity index (χ0v) is 11.0. The second kappa shape index (κ2) is 5.51. The van der Waals surface area contributed by atoms with E-state index >= 15 is 0 Å². The van der Waals surface area contributed by atoms with Gasteiger partial charge in [0.05, 0.1) is 5.56 Å². The van der Waals surface area contributed by atoms with Gasteiger partial charge in [0.2, 0.25) is 0 Å². The summed E-state index contributed by atoms with van der Waals surface area (Å²) in [7, 11) is 0. The van der Waals surface area contributed by atoms with Gasteiger partial charge in [-0.25, -0.2) is 0 Å². The molecule has 0 radical (unpaired) electrons. The molecule has 1 aromatic carbocycles. The maximum Gasteiger partial charge on any atom is 0.255 e. The topological polar surface area (TPSA) is 61.4 Å². The van der Waals surface area contributed by atoms with E-state index in [0.29, 0.717) is 5.56 Å². The third kappa shape index (κ3) is 3.20. The van der Waals surface area contributed by atoms with E-state index < -0.39 is 0 Å². The zero-order valence-electron chi connectivity index (χ0n) is 9.37. The van der Waals surface area contributed by atoms with E-state index in [4.69, 9.17) is 0 Å². The number of aromatic hydroxyl groups is 1. The van der Waals surface area contributed by atoms with E-state index in [0.717, 1.165) is 30.4 Å². The Bertz CT molecular complexity index is 417. The molecule has 2 rings (SSSR count). The summed E-state index contributed by atoms with van der Waals surface area (Å²) in [5, 5.41) is 15.8. The van der Waals surface area contributed by atoms with Gasteiger partial charge in [-0.05, 0) is 44.1 Å². The SMILES string of the molecule is O=C(NC1CCNCC1)c1cc(Br)ccc1O. The van der Waals surface area contributed by atoms with Crippen LogP contribution in [0, 0.1) is 0 Å². The van der Waals surface area contributed by atoms with Crippen LogP contribution in [-0.2, 0) is 0 Å². The number of hydrogen-bond acceptors (Lipinski definition) is 3. The molecule has 0 aromatic heterocycles. The van der Waals surface area contributed by atoms with Crippen LogP contribution in [0.5, 0.6) is 5.75 Å². The molecule has 0 saturated carbocycles. The van der Waals surface area contributed by atoms with Gasteiger partial charge >= 0.3 is 0 Å². The number of hydrogen-bond donors (Lipinski definition) is 3. The highest BCUT2D eigenvalue weighted by Gasteiger charge is 2.18. The van der Waals surface area contributed by atoms with Crippen LogP contribution in [0.1, 0.15) is 23.2 Å². The van der Waals surface area contributed by atoms with Gasteiger partial charge in [0.1, 0.15) is 5.75 Å². The van der Waals surface area contributed by atoms with Gasteiger partial charge in [0.25, 0.3) is 5.91 Å². The van der Waals surface area contributed by atoms with E-state index in [1.807, 2.05) is 0 Å². The number of rotatable bonds is 2. The minimum atomic E-state index is -0.212. The molecule has 1 heterocycles. The summed E-state index contributed by atoms with van der Waals surface area (Å²) in [6.07, 6.45) is 1.86. The van der Waals surface area contributed by atoms with Gasteiger partial charge in [-0.1, -0.05) is 15.9 Å². The Labute approximate surface area is 109 Å². The second-order valence-corrected chi connectivity index (χ2v) is 5.07. The standard InChI is InChI=1S/C12H15BrN2O2/c13-8-1-2-11(16)10(7-8)12(17)15-9-3-5-14-6-4-9/h1-2,7,9,14,16H,3-6H2,(H,15,17). The predicted octanol–water partition coefficient (Wildman–Crippen LogP) is 1.64. The fourth-order valence-electron chi connectivity index (χ4n) is 1.92. The summed E-state index contributed by atoms with van der Waals surface area (Å²) in [5.41, 5.74) is 0.318. The number of phenols is 1. The van der Waals surface area contributed by atoms with Crippen molar-refractivity contribution in [3.63, 3.8) is 0 Å². The first-order valence-corrected chi connectivity index (χ1v) is 6.46. The number of carbonyl (C=O) groups is 1. The summed E-state index contributed by atoms with van der Waals surface area (Å²) >= 11 is 3.29. The van der Waals surface area contributed by atoms with E-state index in [-0.39, 0.29) is 17.7 Å². The van der Waals surface area contributed by atoms with Crippen LogP contribution in [-0.4, -0.2) is 30.1 Å². The molecular weight excluding hydrogens is 284 g/mol. The van der Waals surface area contributed by atoms with Crippen molar-refractivity contribution in [1.82, 2.24) is 10.6 Å². The monoisotopic (exact) mass is 298 g/mol. The highest BCUT2D eigenvalue weighted by Crippen LogP contribution is 2.22. The Morgan fingerprint density at radius 1 is 1.41 bits per heavy atom. The molecule has 1 saturated heterocycles. The molecule has 1 amide bonds. The molecular formula is C12H15BrN2O2. The summed E-state index contributed by atoms with van der Waals surface area (Å²) < 4.78 is 0.783. The number of nitrogens with one attached hydrogen (secondary N) is 2. The van der Waals surface area contributed by atoms with Crippen LogP contribution in [0.25, 0.3) is 0 Å². The van der Waals surface area contributed by atoms with Gasteiger partial charge < -0.3 is 15.7 Å². The minimum Gasteiger partial charge on any atom is -0.507 e. The van der Waals surface area contributed by atoms with Gasteiger partial charge in [-0.15, -0.1) is 0 Å².